The number of alkyl halides is 1. The van der Waals surface area contributed by atoms with Crippen LogP contribution in [0.5, 0.6) is 0 Å². The maximum absolute atomic E-state index is 3.90. The Kier molecular flexibility index (Phi) is 5.15. The Balaban J connectivity index is 1.90. The molecular weight excluding hydrogens is 262 g/mol. The van der Waals surface area contributed by atoms with Crippen LogP contribution in [-0.4, -0.2) is 28.9 Å². The van der Waals surface area contributed by atoms with Crippen molar-refractivity contribution in [2.75, 3.05) is 7.05 Å². The lowest BCUT2D eigenvalue weighted by molar-refractivity contribution is 0.132. The third kappa shape index (κ3) is 3.22. The van der Waals surface area contributed by atoms with Crippen molar-refractivity contribution < 1.29 is 0 Å². The monoisotopic (exact) mass is 287 g/mol. The predicted molar refractivity (Wildman–Crippen MR) is 74.2 cm³/mol. The first-order valence-corrected chi connectivity index (χ1v) is 8.06. The van der Waals surface area contributed by atoms with Crippen LogP contribution in [0.4, 0.5) is 0 Å². The second-order valence-electron chi connectivity index (χ2n) is 5.68. The van der Waals surface area contributed by atoms with Gasteiger partial charge in [-0.05, 0) is 32.7 Å². The SMILES string of the molecule is CN(C1CCCCCC1)C1CCCCC1Br. The van der Waals surface area contributed by atoms with E-state index in [9.17, 15) is 0 Å². The van der Waals surface area contributed by atoms with Crippen LogP contribution in [0.15, 0.2) is 0 Å². The summed E-state index contributed by atoms with van der Waals surface area (Å²) < 4.78 is 0. The lowest BCUT2D eigenvalue weighted by Gasteiger charge is -2.40. The van der Waals surface area contributed by atoms with Gasteiger partial charge in [-0.1, -0.05) is 54.5 Å². The topological polar surface area (TPSA) is 3.24 Å². The molecule has 0 saturated heterocycles. The van der Waals surface area contributed by atoms with Crippen molar-refractivity contribution in [1.29, 1.82) is 0 Å². The Labute approximate surface area is 109 Å². The quantitative estimate of drug-likeness (QED) is 0.539. The van der Waals surface area contributed by atoms with Crippen molar-refractivity contribution in [2.24, 2.45) is 0 Å². The zero-order valence-corrected chi connectivity index (χ0v) is 12.2. The normalized spacial score (nSPS) is 33.9. The van der Waals surface area contributed by atoms with Gasteiger partial charge in [0.05, 0.1) is 0 Å². The molecule has 0 aromatic carbocycles. The molecule has 16 heavy (non-hydrogen) atoms. The van der Waals surface area contributed by atoms with Crippen LogP contribution in [0.3, 0.4) is 0 Å². The van der Waals surface area contributed by atoms with Crippen molar-refractivity contribution >= 4 is 15.9 Å². The highest BCUT2D eigenvalue weighted by Crippen LogP contribution is 2.31. The first-order chi connectivity index (χ1) is 7.79. The van der Waals surface area contributed by atoms with E-state index in [1.165, 1.54) is 64.2 Å². The fourth-order valence-electron chi connectivity index (χ4n) is 3.46. The lowest BCUT2D eigenvalue weighted by atomic mass is 9.92. The molecule has 0 heterocycles. The summed E-state index contributed by atoms with van der Waals surface area (Å²) in [4.78, 5) is 3.46. The summed E-state index contributed by atoms with van der Waals surface area (Å²) in [7, 11) is 2.38. The van der Waals surface area contributed by atoms with E-state index in [0.29, 0.717) is 0 Å². The van der Waals surface area contributed by atoms with Gasteiger partial charge in [-0.25, -0.2) is 0 Å². The molecule has 2 saturated carbocycles. The molecule has 0 bridgehead atoms. The molecule has 0 spiro atoms. The summed E-state index contributed by atoms with van der Waals surface area (Å²) in [6.45, 7) is 0. The van der Waals surface area contributed by atoms with Gasteiger partial charge in [0, 0.05) is 16.9 Å². The number of hydrogen-bond donors (Lipinski definition) is 0. The van der Waals surface area contributed by atoms with Crippen molar-refractivity contribution in [3.05, 3.63) is 0 Å². The highest BCUT2D eigenvalue weighted by atomic mass is 79.9. The third-order valence-electron chi connectivity index (χ3n) is 4.57. The summed E-state index contributed by atoms with van der Waals surface area (Å²) in [5, 5.41) is 0. The average molecular weight is 288 g/mol. The molecule has 0 N–H and O–H groups in total. The number of hydrogen-bond acceptors (Lipinski definition) is 1. The van der Waals surface area contributed by atoms with Gasteiger partial charge in [0.25, 0.3) is 0 Å². The van der Waals surface area contributed by atoms with Gasteiger partial charge < -0.3 is 0 Å². The highest BCUT2D eigenvalue weighted by Gasteiger charge is 2.30. The maximum Gasteiger partial charge on any atom is 0.0301 e. The standard InChI is InChI=1S/C14H26BrN/c1-16(12-8-4-2-3-5-9-12)14-11-7-6-10-13(14)15/h12-14H,2-11H2,1H3. The molecule has 0 aromatic rings. The van der Waals surface area contributed by atoms with Gasteiger partial charge in [-0.2, -0.15) is 0 Å². The molecule has 1 nitrogen and oxygen atoms in total. The van der Waals surface area contributed by atoms with Gasteiger partial charge in [-0.15, -0.1) is 0 Å². The van der Waals surface area contributed by atoms with E-state index in [2.05, 4.69) is 27.9 Å². The van der Waals surface area contributed by atoms with Gasteiger partial charge in [-0.3, -0.25) is 4.90 Å². The largest absolute Gasteiger partial charge is 0.299 e. The second kappa shape index (κ2) is 6.39. The predicted octanol–water partition coefficient (Wildman–Crippen LogP) is 4.35. The van der Waals surface area contributed by atoms with Gasteiger partial charge >= 0.3 is 0 Å². The average Bonchev–Trinajstić information content (AvgIpc) is 2.57. The van der Waals surface area contributed by atoms with E-state index >= 15 is 0 Å². The molecule has 2 unspecified atom stereocenters. The fourth-order valence-corrected chi connectivity index (χ4v) is 4.42. The number of nitrogens with zero attached hydrogens (tertiary/aromatic N) is 1. The van der Waals surface area contributed by atoms with Gasteiger partial charge in [0.15, 0.2) is 0 Å². The summed E-state index contributed by atoms with van der Waals surface area (Å²) >= 11 is 3.90. The van der Waals surface area contributed by atoms with Crippen molar-refractivity contribution in [1.82, 2.24) is 4.90 Å². The minimum absolute atomic E-state index is 0.745. The lowest BCUT2D eigenvalue weighted by Crippen LogP contribution is -2.46. The minimum Gasteiger partial charge on any atom is -0.299 e. The fraction of sp³-hybridized carbons (Fsp3) is 1.00. The molecule has 2 atom stereocenters. The smallest absolute Gasteiger partial charge is 0.0301 e. The summed E-state index contributed by atoms with van der Waals surface area (Å²) in [5.74, 6) is 0. The zero-order chi connectivity index (χ0) is 11.4. The van der Waals surface area contributed by atoms with E-state index in [4.69, 9.17) is 0 Å². The zero-order valence-electron chi connectivity index (χ0n) is 10.6. The molecule has 2 aliphatic carbocycles. The Bertz CT molecular complexity index is 199. The van der Waals surface area contributed by atoms with Crippen LogP contribution >= 0.6 is 15.9 Å². The number of rotatable bonds is 2. The molecule has 2 fully saturated rings. The van der Waals surface area contributed by atoms with Crippen molar-refractivity contribution in [3.63, 3.8) is 0 Å². The molecule has 0 aromatic heterocycles. The van der Waals surface area contributed by atoms with Crippen molar-refractivity contribution in [2.45, 2.75) is 81.1 Å². The minimum atomic E-state index is 0.745. The first-order valence-electron chi connectivity index (χ1n) is 7.15. The number of halogens is 1. The Hall–Kier alpha value is 0.440. The van der Waals surface area contributed by atoms with E-state index in [0.717, 1.165) is 16.9 Å². The summed E-state index contributed by atoms with van der Waals surface area (Å²) in [6, 6.07) is 1.67. The summed E-state index contributed by atoms with van der Waals surface area (Å²) in [5.41, 5.74) is 0. The van der Waals surface area contributed by atoms with Crippen LogP contribution in [0.1, 0.15) is 64.2 Å². The Morgan fingerprint density at radius 1 is 0.812 bits per heavy atom. The van der Waals surface area contributed by atoms with Crippen LogP contribution < -0.4 is 0 Å². The molecule has 0 radical (unpaired) electrons. The van der Waals surface area contributed by atoms with Crippen LogP contribution in [0.25, 0.3) is 0 Å². The molecule has 2 heteroatoms. The Morgan fingerprint density at radius 3 is 2.00 bits per heavy atom. The van der Waals surface area contributed by atoms with Gasteiger partial charge in [0.1, 0.15) is 0 Å². The second-order valence-corrected chi connectivity index (χ2v) is 6.85. The van der Waals surface area contributed by atoms with E-state index in [1.807, 2.05) is 0 Å². The molecule has 0 amide bonds. The Morgan fingerprint density at radius 2 is 1.38 bits per heavy atom. The van der Waals surface area contributed by atoms with Crippen LogP contribution in [0.2, 0.25) is 0 Å². The molecule has 94 valence electrons. The maximum atomic E-state index is 3.90. The molecule has 0 aliphatic heterocycles. The summed E-state index contributed by atoms with van der Waals surface area (Å²) in [6.07, 6.45) is 14.3. The van der Waals surface area contributed by atoms with Crippen molar-refractivity contribution in [3.8, 4) is 0 Å². The highest BCUT2D eigenvalue weighted by molar-refractivity contribution is 9.09. The first kappa shape index (κ1) is 12.9. The van der Waals surface area contributed by atoms with Crippen LogP contribution in [0, 0.1) is 0 Å². The molecule has 2 rings (SSSR count). The van der Waals surface area contributed by atoms with E-state index in [-0.39, 0.29) is 0 Å². The van der Waals surface area contributed by atoms with E-state index < -0.39 is 0 Å². The molecular formula is C14H26BrN. The third-order valence-corrected chi connectivity index (χ3v) is 5.64. The van der Waals surface area contributed by atoms with Crippen LogP contribution in [-0.2, 0) is 0 Å². The molecule has 2 aliphatic rings. The van der Waals surface area contributed by atoms with E-state index in [1.54, 1.807) is 0 Å². The van der Waals surface area contributed by atoms with Gasteiger partial charge in [0.2, 0.25) is 0 Å².